The molecule has 0 bridgehead atoms. The molecule has 0 unspecified atom stereocenters. The van der Waals surface area contributed by atoms with E-state index in [4.69, 9.17) is 4.74 Å². The number of carbonyl (C=O) groups is 2. The van der Waals surface area contributed by atoms with Gasteiger partial charge in [0.2, 0.25) is 0 Å². The Balaban J connectivity index is 2.14. The van der Waals surface area contributed by atoms with Crippen LogP contribution in [-0.2, 0) is 6.42 Å². The maximum absolute atomic E-state index is 12.0. The van der Waals surface area contributed by atoms with Gasteiger partial charge in [0.05, 0.1) is 11.1 Å². The van der Waals surface area contributed by atoms with Crippen LogP contribution >= 0.6 is 0 Å². The topological polar surface area (TPSA) is 55.4 Å². The van der Waals surface area contributed by atoms with Crippen molar-refractivity contribution in [1.82, 2.24) is 5.32 Å². The van der Waals surface area contributed by atoms with E-state index in [1.165, 1.54) is 0 Å². The summed E-state index contributed by atoms with van der Waals surface area (Å²) in [5.74, 6) is 0.218. The molecule has 1 N–H and O–H groups in total. The fraction of sp³-hybridized carbons (Fsp3) is 0.0588. The smallest absolute Gasteiger partial charge is 0.262 e. The molecule has 4 heteroatoms. The molecule has 21 heavy (non-hydrogen) atoms. The first-order valence-electron chi connectivity index (χ1n) is 6.56. The third-order valence-electron chi connectivity index (χ3n) is 3.27. The van der Waals surface area contributed by atoms with Crippen LogP contribution in [0.4, 0.5) is 0 Å². The lowest BCUT2D eigenvalue weighted by molar-refractivity contribution is 0.0879. The molecular formula is C17H13NO3. The van der Waals surface area contributed by atoms with Crippen molar-refractivity contribution in [3.63, 3.8) is 0 Å². The van der Waals surface area contributed by atoms with Crippen LogP contribution < -0.4 is 10.1 Å². The van der Waals surface area contributed by atoms with Gasteiger partial charge < -0.3 is 4.74 Å². The summed E-state index contributed by atoms with van der Waals surface area (Å²) >= 11 is 0. The van der Waals surface area contributed by atoms with Gasteiger partial charge in [-0.3, -0.25) is 14.9 Å². The molecule has 2 aromatic rings. The predicted molar refractivity (Wildman–Crippen MR) is 78.7 cm³/mol. The number of allylic oxidation sites excluding steroid dienone is 1. The molecule has 0 aromatic heterocycles. The molecule has 104 valence electrons. The zero-order valence-corrected chi connectivity index (χ0v) is 11.3. The van der Waals surface area contributed by atoms with Crippen LogP contribution in [0.15, 0.2) is 55.1 Å². The van der Waals surface area contributed by atoms with E-state index < -0.39 is 11.8 Å². The number of para-hydroxylation sites is 1. The number of fused-ring (bicyclic) bond motifs is 1. The summed E-state index contributed by atoms with van der Waals surface area (Å²) in [6, 6.07) is 12.6. The average Bonchev–Trinajstić information content (AvgIpc) is 2.78. The van der Waals surface area contributed by atoms with Crippen molar-refractivity contribution in [1.29, 1.82) is 0 Å². The zero-order chi connectivity index (χ0) is 14.8. The van der Waals surface area contributed by atoms with Crippen molar-refractivity contribution in [2.45, 2.75) is 6.42 Å². The Morgan fingerprint density at radius 2 is 1.81 bits per heavy atom. The second-order valence-corrected chi connectivity index (χ2v) is 4.67. The normalized spacial score (nSPS) is 12.8. The van der Waals surface area contributed by atoms with Crippen LogP contribution in [0, 0.1) is 0 Å². The maximum Gasteiger partial charge on any atom is 0.262 e. The SMILES string of the molecule is C=CCc1ccc2c(c1Oc1ccccc1)C(=O)NC2=O. The maximum atomic E-state index is 12.0. The number of ether oxygens (including phenoxy) is 1. The molecule has 2 amide bonds. The number of nitrogens with one attached hydrogen (secondary N) is 1. The third kappa shape index (κ3) is 2.31. The predicted octanol–water partition coefficient (Wildman–Crippen LogP) is 3.09. The highest BCUT2D eigenvalue weighted by molar-refractivity contribution is 6.22. The van der Waals surface area contributed by atoms with Crippen LogP contribution in [0.1, 0.15) is 26.3 Å². The van der Waals surface area contributed by atoms with Gasteiger partial charge in [0, 0.05) is 0 Å². The first kappa shape index (κ1) is 13.1. The van der Waals surface area contributed by atoms with Crippen molar-refractivity contribution >= 4 is 11.8 Å². The van der Waals surface area contributed by atoms with E-state index in [0.717, 1.165) is 5.56 Å². The molecule has 1 aliphatic rings. The summed E-state index contributed by atoms with van der Waals surface area (Å²) in [7, 11) is 0. The summed E-state index contributed by atoms with van der Waals surface area (Å²) in [6.07, 6.45) is 2.28. The molecule has 3 rings (SSSR count). The van der Waals surface area contributed by atoms with E-state index in [1.54, 1.807) is 30.3 Å². The second kappa shape index (κ2) is 5.25. The average molecular weight is 279 g/mol. The van der Waals surface area contributed by atoms with Gasteiger partial charge in [-0.05, 0) is 30.2 Å². The van der Waals surface area contributed by atoms with Crippen molar-refractivity contribution in [2.75, 3.05) is 0 Å². The van der Waals surface area contributed by atoms with Crippen LogP contribution in [0.3, 0.4) is 0 Å². The fourth-order valence-electron chi connectivity index (χ4n) is 2.31. The van der Waals surface area contributed by atoms with Gasteiger partial charge in [-0.25, -0.2) is 0 Å². The quantitative estimate of drug-likeness (QED) is 0.691. The first-order valence-corrected chi connectivity index (χ1v) is 6.56. The molecule has 0 radical (unpaired) electrons. The number of carbonyl (C=O) groups excluding carboxylic acids is 2. The summed E-state index contributed by atoms with van der Waals surface area (Å²) in [5.41, 5.74) is 1.46. The largest absolute Gasteiger partial charge is 0.456 e. The van der Waals surface area contributed by atoms with Gasteiger partial charge in [-0.2, -0.15) is 0 Å². The Hall–Kier alpha value is -2.88. The minimum Gasteiger partial charge on any atom is -0.456 e. The Bertz CT molecular complexity index is 735. The van der Waals surface area contributed by atoms with Crippen LogP contribution in [0.2, 0.25) is 0 Å². The lowest BCUT2D eigenvalue weighted by Crippen LogP contribution is -2.20. The van der Waals surface area contributed by atoms with Crippen molar-refractivity contribution in [3.05, 3.63) is 71.8 Å². The minimum absolute atomic E-state index is 0.295. The van der Waals surface area contributed by atoms with Gasteiger partial charge in [0.25, 0.3) is 11.8 Å². The van der Waals surface area contributed by atoms with Crippen molar-refractivity contribution < 1.29 is 14.3 Å². The molecule has 4 nitrogen and oxygen atoms in total. The first-order chi connectivity index (χ1) is 10.2. The van der Waals surface area contributed by atoms with Gasteiger partial charge in [-0.15, -0.1) is 6.58 Å². The zero-order valence-electron chi connectivity index (χ0n) is 11.3. The number of amides is 2. The minimum atomic E-state index is -0.424. The van der Waals surface area contributed by atoms with E-state index >= 15 is 0 Å². The summed E-state index contributed by atoms with van der Waals surface area (Å²) in [6.45, 7) is 3.71. The van der Waals surface area contributed by atoms with Crippen LogP contribution in [-0.4, -0.2) is 11.8 Å². The number of benzene rings is 2. The van der Waals surface area contributed by atoms with Crippen LogP contribution in [0.5, 0.6) is 11.5 Å². The van der Waals surface area contributed by atoms with Gasteiger partial charge in [0.1, 0.15) is 11.5 Å². The van der Waals surface area contributed by atoms with Crippen molar-refractivity contribution in [3.8, 4) is 11.5 Å². The molecule has 0 fully saturated rings. The van der Waals surface area contributed by atoms with Gasteiger partial charge >= 0.3 is 0 Å². The molecular weight excluding hydrogens is 266 g/mol. The van der Waals surface area contributed by atoms with Crippen LogP contribution in [0.25, 0.3) is 0 Å². The highest BCUT2D eigenvalue weighted by atomic mass is 16.5. The molecule has 1 aliphatic heterocycles. The molecule has 0 spiro atoms. The molecule has 0 aliphatic carbocycles. The Morgan fingerprint density at radius 3 is 2.52 bits per heavy atom. The molecule has 1 heterocycles. The molecule has 2 aromatic carbocycles. The number of imide groups is 1. The van der Waals surface area contributed by atoms with E-state index in [-0.39, 0.29) is 0 Å². The van der Waals surface area contributed by atoms with E-state index in [0.29, 0.717) is 29.0 Å². The Kier molecular flexibility index (Phi) is 3.28. The van der Waals surface area contributed by atoms with E-state index in [1.807, 2.05) is 18.2 Å². The lowest BCUT2D eigenvalue weighted by atomic mass is 10.0. The lowest BCUT2D eigenvalue weighted by Gasteiger charge is -2.13. The summed E-state index contributed by atoms with van der Waals surface area (Å²) < 4.78 is 5.86. The van der Waals surface area contributed by atoms with E-state index in [9.17, 15) is 9.59 Å². The third-order valence-corrected chi connectivity index (χ3v) is 3.27. The second-order valence-electron chi connectivity index (χ2n) is 4.67. The molecule has 0 saturated carbocycles. The summed E-state index contributed by atoms with van der Waals surface area (Å²) in [4.78, 5) is 23.7. The number of hydrogen-bond donors (Lipinski definition) is 1. The van der Waals surface area contributed by atoms with Crippen molar-refractivity contribution in [2.24, 2.45) is 0 Å². The Morgan fingerprint density at radius 1 is 1.05 bits per heavy atom. The summed E-state index contributed by atoms with van der Waals surface area (Å²) in [5, 5.41) is 2.29. The highest BCUT2D eigenvalue weighted by Gasteiger charge is 2.32. The molecule has 0 saturated heterocycles. The van der Waals surface area contributed by atoms with Gasteiger partial charge in [-0.1, -0.05) is 30.3 Å². The number of rotatable bonds is 4. The highest BCUT2D eigenvalue weighted by Crippen LogP contribution is 2.34. The Labute approximate surface area is 122 Å². The monoisotopic (exact) mass is 279 g/mol. The van der Waals surface area contributed by atoms with Gasteiger partial charge in [0.15, 0.2) is 0 Å². The fourth-order valence-corrected chi connectivity index (χ4v) is 2.31. The molecule has 0 atom stereocenters. The standard InChI is InChI=1S/C17H13NO3/c1-2-6-11-9-10-13-14(17(20)18-16(13)19)15(11)21-12-7-4-3-5-8-12/h2-5,7-10H,1,6H2,(H,18,19,20). The van der Waals surface area contributed by atoms with E-state index in [2.05, 4.69) is 11.9 Å². The number of hydrogen-bond acceptors (Lipinski definition) is 3.